The minimum atomic E-state index is -0.568. The lowest BCUT2D eigenvalue weighted by atomic mass is 10.2. The third-order valence-electron chi connectivity index (χ3n) is 3.12. The second-order valence-corrected chi connectivity index (χ2v) is 4.76. The summed E-state index contributed by atoms with van der Waals surface area (Å²) in [5.74, 6) is -1.11. The molecular weight excluding hydrogens is 268 g/mol. The first-order valence-corrected chi connectivity index (χ1v) is 6.20. The summed E-state index contributed by atoms with van der Waals surface area (Å²) in [6.07, 6.45) is 1.85. The second kappa shape index (κ2) is 4.67. The number of nitrogens with zero attached hydrogens (tertiary/aromatic N) is 1. The molecule has 19 heavy (non-hydrogen) atoms. The van der Waals surface area contributed by atoms with E-state index in [-0.39, 0.29) is 0 Å². The highest BCUT2D eigenvalue weighted by molar-refractivity contribution is 6.35. The maximum absolute atomic E-state index is 13.6. The highest BCUT2D eigenvalue weighted by atomic mass is 35.5. The first-order valence-electron chi connectivity index (χ1n) is 5.82. The number of rotatable bonds is 2. The van der Waals surface area contributed by atoms with E-state index in [9.17, 15) is 8.78 Å². The van der Waals surface area contributed by atoms with Gasteiger partial charge < -0.3 is 4.57 Å². The van der Waals surface area contributed by atoms with E-state index < -0.39 is 11.6 Å². The van der Waals surface area contributed by atoms with Crippen LogP contribution in [0.1, 0.15) is 5.56 Å². The Labute approximate surface area is 114 Å². The molecule has 0 atom stereocenters. The van der Waals surface area contributed by atoms with Gasteiger partial charge >= 0.3 is 0 Å². The fraction of sp³-hybridized carbons (Fsp3) is 0.0667. The van der Waals surface area contributed by atoms with E-state index in [1.807, 2.05) is 35.0 Å². The van der Waals surface area contributed by atoms with Crippen molar-refractivity contribution in [1.82, 2.24) is 4.57 Å². The Morgan fingerprint density at radius 2 is 1.89 bits per heavy atom. The summed E-state index contributed by atoms with van der Waals surface area (Å²) in [7, 11) is 0. The zero-order valence-electron chi connectivity index (χ0n) is 9.91. The van der Waals surface area contributed by atoms with Crippen LogP contribution >= 0.6 is 11.6 Å². The van der Waals surface area contributed by atoms with Crippen molar-refractivity contribution in [1.29, 1.82) is 0 Å². The Morgan fingerprint density at radius 3 is 2.68 bits per heavy atom. The molecule has 3 aromatic rings. The fourth-order valence-electron chi connectivity index (χ4n) is 2.16. The van der Waals surface area contributed by atoms with Crippen LogP contribution in [0.5, 0.6) is 0 Å². The molecule has 3 rings (SSSR count). The van der Waals surface area contributed by atoms with Crippen molar-refractivity contribution in [3.63, 3.8) is 0 Å². The van der Waals surface area contributed by atoms with Gasteiger partial charge in [0.15, 0.2) is 0 Å². The number of hydrogen-bond donors (Lipinski definition) is 0. The zero-order chi connectivity index (χ0) is 13.4. The smallest absolute Gasteiger partial charge is 0.131 e. The molecule has 4 heteroatoms. The van der Waals surface area contributed by atoms with Gasteiger partial charge in [0.2, 0.25) is 0 Å². The predicted octanol–water partition coefficient (Wildman–Crippen LogP) is 4.62. The summed E-state index contributed by atoms with van der Waals surface area (Å²) in [6, 6.07) is 11.1. The largest absolute Gasteiger partial charge is 0.343 e. The van der Waals surface area contributed by atoms with E-state index in [0.29, 0.717) is 17.1 Å². The molecule has 0 fully saturated rings. The van der Waals surface area contributed by atoms with Crippen LogP contribution in [0.15, 0.2) is 48.7 Å². The van der Waals surface area contributed by atoms with Crippen LogP contribution in [0, 0.1) is 11.6 Å². The highest BCUT2D eigenvalue weighted by Gasteiger charge is 2.08. The van der Waals surface area contributed by atoms with Gasteiger partial charge in [-0.05, 0) is 24.3 Å². The number of fused-ring (bicyclic) bond motifs is 1. The topological polar surface area (TPSA) is 4.93 Å². The van der Waals surface area contributed by atoms with Crippen LogP contribution in [-0.4, -0.2) is 4.57 Å². The molecule has 0 spiro atoms. The molecule has 2 aromatic carbocycles. The Balaban J connectivity index is 2.04. The summed E-state index contributed by atoms with van der Waals surface area (Å²) in [5, 5.41) is 1.59. The first-order chi connectivity index (χ1) is 9.15. The minimum Gasteiger partial charge on any atom is -0.343 e. The van der Waals surface area contributed by atoms with E-state index in [4.69, 9.17) is 11.6 Å². The molecule has 0 saturated heterocycles. The molecular formula is C15H10ClF2N. The third kappa shape index (κ3) is 2.22. The molecule has 0 amide bonds. The monoisotopic (exact) mass is 277 g/mol. The van der Waals surface area contributed by atoms with Gasteiger partial charge in [-0.1, -0.05) is 23.7 Å². The van der Waals surface area contributed by atoms with Crippen LogP contribution in [-0.2, 0) is 6.54 Å². The van der Waals surface area contributed by atoms with Crippen molar-refractivity contribution in [3.8, 4) is 0 Å². The van der Waals surface area contributed by atoms with Crippen molar-refractivity contribution in [2.45, 2.75) is 6.54 Å². The molecule has 0 aliphatic heterocycles. The quantitative estimate of drug-likeness (QED) is 0.644. The van der Waals surface area contributed by atoms with E-state index >= 15 is 0 Å². The third-order valence-corrected chi connectivity index (χ3v) is 3.45. The first kappa shape index (κ1) is 12.2. The zero-order valence-corrected chi connectivity index (χ0v) is 10.7. The van der Waals surface area contributed by atoms with Gasteiger partial charge in [0.25, 0.3) is 0 Å². The van der Waals surface area contributed by atoms with E-state index in [1.54, 1.807) is 0 Å². The van der Waals surface area contributed by atoms with Gasteiger partial charge in [0.05, 0.1) is 6.54 Å². The second-order valence-electron chi connectivity index (χ2n) is 4.35. The summed E-state index contributed by atoms with van der Waals surface area (Å²) in [5.41, 5.74) is 1.37. The Morgan fingerprint density at radius 1 is 1.05 bits per heavy atom. The number of aromatic nitrogens is 1. The molecule has 0 unspecified atom stereocenters. The van der Waals surface area contributed by atoms with Crippen LogP contribution in [0.2, 0.25) is 5.02 Å². The van der Waals surface area contributed by atoms with Gasteiger partial charge in [0, 0.05) is 33.8 Å². The average molecular weight is 278 g/mol. The summed E-state index contributed by atoms with van der Waals surface area (Å²) in [4.78, 5) is 0. The molecule has 96 valence electrons. The molecule has 0 aliphatic rings. The van der Waals surface area contributed by atoms with Gasteiger partial charge in [-0.15, -0.1) is 0 Å². The normalized spacial score (nSPS) is 11.1. The molecule has 1 nitrogen and oxygen atoms in total. The number of halogens is 3. The van der Waals surface area contributed by atoms with Crippen molar-refractivity contribution in [3.05, 3.63) is 70.9 Å². The maximum atomic E-state index is 13.6. The number of benzene rings is 2. The molecule has 0 aliphatic carbocycles. The van der Waals surface area contributed by atoms with Gasteiger partial charge in [-0.3, -0.25) is 0 Å². The molecule has 1 aromatic heterocycles. The Bertz CT molecular complexity index is 749. The van der Waals surface area contributed by atoms with E-state index in [0.717, 1.165) is 17.0 Å². The fourth-order valence-corrected chi connectivity index (χ4v) is 2.39. The Hall–Kier alpha value is -1.87. The number of hydrogen-bond acceptors (Lipinski definition) is 0. The van der Waals surface area contributed by atoms with Crippen molar-refractivity contribution in [2.24, 2.45) is 0 Å². The van der Waals surface area contributed by atoms with Crippen LogP contribution in [0.4, 0.5) is 8.78 Å². The molecule has 0 radical (unpaired) electrons. The van der Waals surface area contributed by atoms with Gasteiger partial charge in [-0.2, -0.15) is 0 Å². The minimum absolute atomic E-state index is 0.343. The van der Waals surface area contributed by atoms with E-state index in [2.05, 4.69) is 0 Å². The lowest BCUT2D eigenvalue weighted by molar-refractivity contribution is 0.567. The Kier molecular flexibility index (Phi) is 2.99. The van der Waals surface area contributed by atoms with Crippen LogP contribution in [0.25, 0.3) is 10.9 Å². The summed E-state index contributed by atoms with van der Waals surface area (Å²) < 4.78 is 28.4. The highest BCUT2D eigenvalue weighted by Crippen LogP contribution is 2.25. The SMILES string of the molecule is Fc1ccc(Cn2ccc3c(Cl)cccc32)c(F)c1. The average Bonchev–Trinajstić information content (AvgIpc) is 2.78. The van der Waals surface area contributed by atoms with Crippen molar-refractivity contribution in [2.75, 3.05) is 0 Å². The van der Waals surface area contributed by atoms with E-state index in [1.165, 1.54) is 12.1 Å². The van der Waals surface area contributed by atoms with Crippen molar-refractivity contribution >= 4 is 22.5 Å². The summed E-state index contributed by atoms with van der Waals surface area (Å²) >= 11 is 6.09. The molecule has 0 bridgehead atoms. The van der Waals surface area contributed by atoms with Crippen LogP contribution in [0.3, 0.4) is 0 Å². The molecule has 0 N–H and O–H groups in total. The van der Waals surface area contributed by atoms with Gasteiger partial charge in [0.1, 0.15) is 11.6 Å². The summed E-state index contributed by atoms with van der Waals surface area (Å²) in [6.45, 7) is 0.343. The lowest BCUT2D eigenvalue weighted by Gasteiger charge is -2.07. The molecule has 0 saturated carbocycles. The maximum Gasteiger partial charge on any atom is 0.131 e. The molecule has 1 heterocycles. The predicted molar refractivity (Wildman–Crippen MR) is 72.4 cm³/mol. The van der Waals surface area contributed by atoms with Gasteiger partial charge in [-0.25, -0.2) is 8.78 Å². The van der Waals surface area contributed by atoms with Crippen LogP contribution < -0.4 is 0 Å². The lowest BCUT2D eigenvalue weighted by Crippen LogP contribution is -2.00. The standard InChI is InChI=1S/C15H10ClF2N/c16-13-2-1-3-15-12(13)6-7-19(15)9-10-4-5-11(17)8-14(10)18/h1-8H,9H2. The van der Waals surface area contributed by atoms with Crippen molar-refractivity contribution < 1.29 is 8.78 Å².